The maximum Gasteiger partial charge on any atom is 0.400 e. The monoisotopic (exact) mass is 285 g/mol. The Labute approximate surface area is 104 Å². The Kier molecular flexibility index (Phi) is 4.90. The third-order valence-corrected chi connectivity index (χ3v) is 8.58. The summed E-state index contributed by atoms with van der Waals surface area (Å²) in [6, 6.07) is 3.38. The first-order valence-corrected chi connectivity index (χ1v) is 9.19. The van der Waals surface area contributed by atoms with Gasteiger partial charge in [0.2, 0.25) is 0 Å². The molecule has 0 amide bonds. The zero-order valence-electron chi connectivity index (χ0n) is 8.89. The third kappa shape index (κ3) is 3.51. The number of hydrogen-bond donors (Lipinski definition) is 1. The van der Waals surface area contributed by atoms with Gasteiger partial charge in [-0.2, -0.15) is 8.78 Å². The number of alkyl halides is 2. The van der Waals surface area contributed by atoms with Crippen molar-refractivity contribution in [1.29, 1.82) is 0 Å². The molecule has 0 bridgehead atoms. The average Bonchev–Trinajstić information content (AvgIpc) is 2.27. The molecule has 1 aromatic rings. The highest BCUT2D eigenvalue weighted by atomic mass is 33.5. The Balaban J connectivity index is 2.61. The van der Waals surface area contributed by atoms with Crippen LogP contribution < -0.4 is 0 Å². The van der Waals surface area contributed by atoms with E-state index in [9.17, 15) is 8.78 Å². The summed E-state index contributed by atoms with van der Waals surface area (Å²) in [5.41, 5.74) is -2.53. The predicted molar refractivity (Wildman–Crippen MR) is 70.0 cm³/mol. The molecule has 0 saturated carbocycles. The van der Waals surface area contributed by atoms with Crippen molar-refractivity contribution >= 4 is 30.5 Å². The summed E-state index contributed by atoms with van der Waals surface area (Å²) in [7, 11) is -1.41. The fourth-order valence-corrected chi connectivity index (χ4v) is 2.45. The third-order valence-electron chi connectivity index (χ3n) is 1.89. The van der Waals surface area contributed by atoms with Crippen molar-refractivity contribution in [2.75, 3.05) is 12.5 Å². The van der Waals surface area contributed by atoms with Gasteiger partial charge in [-0.1, -0.05) is 15.1 Å². The van der Waals surface area contributed by atoms with E-state index >= 15 is 0 Å². The first kappa shape index (κ1) is 14.1. The van der Waals surface area contributed by atoms with E-state index in [-0.39, 0.29) is 6.61 Å². The normalized spacial score (nSPS) is 13.8. The molecule has 0 fully saturated rings. The van der Waals surface area contributed by atoms with Gasteiger partial charge in [-0.15, -0.1) is 11.7 Å². The summed E-state index contributed by atoms with van der Waals surface area (Å²) < 4.78 is 31.9. The number of ether oxygens (including phenoxy) is 1. The van der Waals surface area contributed by atoms with Gasteiger partial charge >= 0.3 is 5.44 Å². The minimum absolute atomic E-state index is 0.147. The van der Waals surface area contributed by atoms with Crippen molar-refractivity contribution in [3.05, 3.63) is 30.1 Å². The molecule has 0 atom stereocenters. The molecule has 1 rings (SSSR count). The molecule has 0 N–H and O–H groups in total. The summed E-state index contributed by atoms with van der Waals surface area (Å²) in [6.45, 7) is -0.147. The van der Waals surface area contributed by atoms with Crippen LogP contribution >= 0.6 is 30.5 Å². The zero-order chi connectivity index (χ0) is 12.2. The molecule has 0 radical (unpaired) electrons. The van der Waals surface area contributed by atoms with E-state index in [1.165, 1.54) is 18.7 Å². The van der Waals surface area contributed by atoms with Gasteiger partial charge in [-0.3, -0.25) is 4.98 Å². The highest BCUT2D eigenvalue weighted by Crippen LogP contribution is 2.66. The molecular formula is C9H13F2NOS3. The first-order chi connectivity index (χ1) is 7.39. The van der Waals surface area contributed by atoms with Gasteiger partial charge in [-0.25, -0.2) is 0 Å². The van der Waals surface area contributed by atoms with E-state index in [4.69, 9.17) is 0 Å². The van der Waals surface area contributed by atoms with Crippen molar-refractivity contribution in [2.45, 2.75) is 12.0 Å². The van der Waals surface area contributed by atoms with E-state index in [2.05, 4.69) is 21.4 Å². The second-order valence-electron chi connectivity index (χ2n) is 3.42. The second-order valence-corrected chi connectivity index (χ2v) is 10.8. The maximum absolute atomic E-state index is 13.6. The quantitative estimate of drug-likeness (QED) is 0.658. The lowest BCUT2D eigenvalue weighted by molar-refractivity contribution is -0.172. The van der Waals surface area contributed by atoms with Crippen LogP contribution in [-0.2, 0) is 11.3 Å². The highest BCUT2D eigenvalue weighted by Gasteiger charge is 2.44. The Hall–Kier alpha value is 0.0200. The van der Waals surface area contributed by atoms with Gasteiger partial charge in [-0.05, 0) is 34.0 Å². The highest BCUT2D eigenvalue weighted by molar-refractivity contribution is 9.15. The van der Waals surface area contributed by atoms with Crippen molar-refractivity contribution in [3.8, 4) is 0 Å². The molecule has 0 aromatic carbocycles. The van der Waals surface area contributed by atoms with Gasteiger partial charge in [0.1, 0.15) is 0 Å². The number of pyridine rings is 1. The molecule has 92 valence electrons. The van der Waals surface area contributed by atoms with Crippen LogP contribution in [0.3, 0.4) is 0 Å². The Morgan fingerprint density at radius 2 is 2.25 bits per heavy atom. The standard InChI is InChI=1S/C9H13F2NOS3/c1-16(2,15-14)9(10,11)13-7-8-4-3-5-12-6-8/h3-6,14H,7H2,1-2H3. The van der Waals surface area contributed by atoms with Crippen LogP contribution in [0.25, 0.3) is 0 Å². The average molecular weight is 285 g/mol. The number of aromatic nitrogens is 1. The van der Waals surface area contributed by atoms with Gasteiger partial charge in [0.15, 0.2) is 0 Å². The fraction of sp³-hybridized carbons (Fsp3) is 0.444. The summed E-state index contributed by atoms with van der Waals surface area (Å²) in [5, 5.41) is 0. The largest absolute Gasteiger partial charge is 0.400 e. The SMILES string of the molecule is CS(C)(SS)C(F)(F)OCc1cccnc1. The van der Waals surface area contributed by atoms with Crippen LogP contribution in [0.1, 0.15) is 5.56 Å². The molecule has 1 aromatic heterocycles. The van der Waals surface area contributed by atoms with E-state index < -0.39 is 14.5 Å². The van der Waals surface area contributed by atoms with Gasteiger partial charge in [0, 0.05) is 12.4 Å². The molecule has 16 heavy (non-hydrogen) atoms. The van der Waals surface area contributed by atoms with Crippen molar-refractivity contribution in [1.82, 2.24) is 4.98 Å². The lowest BCUT2D eigenvalue weighted by atomic mass is 10.3. The predicted octanol–water partition coefficient (Wildman–Crippen LogP) is 3.71. The molecule has 2 nitrogen and oxygen atoms in total. The molecule has 0 aliphatic carbocycles. The Morgan fingerprint density at radius 1 is 1.56 bits per heavy atom. The van der Waals surface area contributed by atoms with Crippen molar-refractivity contribution in [3.63, 3.8) is 0 Å². The first-order valence-electron chi connectivity index (χ1n) is 4.35. The number of thiol groups is 1. The second kappa shape index (κ2) is 5.57. The summed E-state index contributed by atoms with van der Waals surface area (Å²) in [4.78, 5) is 3.83. The number of rotatable bonds is 5. The molecular weight excluding hydrogens is 272 g/mol. The van der Waals surface area contributed by atoms with E-state index in [1.807, 2.05) is 0 Å². The molecule has 0 unspecified atom stereocenters. The summed E-state index contributed by atoms with van der Waals surface area (Å²) in [6.07, 6.45) is 6.02. The van der Waals surface area contributed by atoms with Crippen LogP contribution in [-0.4, -0.2) is 22.9 Å². The molecule has 0 aliphatic rings. The number of nitrogens with zero attached hydrogens (tertiary/aromatic N) is 1. The Morgan fingerprint density at radius 3 is 2.75 bits per heavy atom. The van der Waals surface area contributed by atoms with Gasteiger partial charge in [0.25, 0.3) is 0 Å². The fourth-order valence-electron chi connectivity index (χ4n) is 0.836. The molecule has 7 heteroatoms. The molecule has 0 saturated heterocycles. The topological polar surface area (TPSA) is 22.1 Å². The van der Waals surface area contributed by atoms with Crippen LogP contribution in [0.4, 0.5) is 8.78 Å². The van der Waals surface area contributed by atoms with E-state index in [0.29, 0.717) is 5.56 Å². The lowest BCUT2D eigenvalue weighted by Crippen LogP contribution is -2.25. The Bertz CT molecular complexity index is 335. The smallest absolute Gasteiger partial charge is 0.307 e. The van der Waals surface area contributed by atoms with Gasteiger partial charge < -0.3 is 4.74 Å². The van der Waals surface area contributed by atoms with E-state index in [0.717, 1.165) is 9.83 Å². The molecule has 0 aliphatic heterocycles. The van der Waals surface area contributed by atoms with Crippen LogP contribution in [0.15, 0.2) is 24.5 Å². The van der Waals surface area contributed by atoms with Crippen LogP contribution in [0.5, 0.6) is 0 Å². The van der Waals surface area contributed by atoms with E-state index in [1.54, 1.807) is 18.3 Å². The number of halogens is 2. The number of hydrogen-bond acceptors (Lipinski definition) is 4. The minimum Gasteiger partial charge on any atom is -0.307 e. The van der Waals surface area contributed by atoms with Crippen molar-refractivity contribution in [2.24, 2.45) is 0 Å². The van der Waals surface area contributed by atoms with Crippen LogP contribution in [0, 0.1) is 0 Å². The lowest BCUT2D eigenvalue weighted by Gasteiger charge is -2.35. The maximum atomic E-state index is 13.6. The zero-order valence-corrected chi connectivity index (χ0v) is 11.4. The summed E-state index contributed by atoms with van der Waals surface area (Å²) >= 11 is 3.86. The van der Waals surface area contributed by atoms with Crippen molar-refractivity contribution < 1.29 is 13.5 Å². The van der Waals surface area contributed by atoms with Crippen LogP contribution in [0.2, 0.25) is 0 Å². The summed E-state index contributed by atoms with van der Waals surface area (Å²) in [5.74, 6) is 0. The molecule has 1 heterocycles. The molecule has 0 spiro atoms. The van der Waals surface area contributed by atoms with Gasteiger partial charge in [0.05, 0.1) is 6.61 Å². The minimum atomic E-state index is -3.16.